The average Bonchev–Trinajstić information content (AvgIpc) is 3.55. The summed E-state index contributed by atoms with van der Waals surface area (Å²) in [5.74, 6) is 1.23. The molecule has 3 aromatic rings. The van der Waals surface area contributed by atoms with E-state index < -0.39 is 0 Å². The minimum Gasteiger partial charge on any atom is -0.339 e. The van der Waals surface area contributed by atoms with Crippen molar-refractivity contribution in [2.24, 2.45) is 0 Å². The van der Waals surface area contributed by atoms with Gasteiger partial charge in [-0.1, -0.05) is 18.5 Å². The van der Waals surface area contributed by atoms with Crippen molar-refractivity contribution in [1.82, 2.24) is 29.7 Å². The number of piperidine rings is 2. The van der Waals surface area contributed by atoms with Crippen molar-refractivity contribution in [2.45, 2.75) is 51.5 Å². The molecule has 4 heterocycles. The van der Waals surface area contributed by atoms with Gasteiger partial charge >= 0.3 is 0 Å². The molecule has 2 aliphatic rings. The molecule has 32 heavy (non-hydrogen) atoms. The van der Waals surface area contributed by atoms with Crippen LogP contribution in [0.2, 0.25) is 0 Å². The normalized spacial score (nSPS) is 18.2. The maximum atomic E-state index is 13.0. The first-order chi connectivity index (χ1) is 15.7. The predicted octanol–water partition coefficient (Wildman–Crippen LogP) is 3.58. The molecular weight excluding hydrogens is 404 g/mol. The van der Waals surface area contributed by atoms with E-state index in [1.807, 2.05) is 42.3 Å². The molecule has 168 valence electrons. The Morgan fingerprint density at radius 3 is 2.47 bits per heavy atom. The lowest BCUT2D eigenvalue weighted by Gasteiger charge is -2.40. The summed E-state index contributed by atoms with van der Waals surface area (Å²) in [4.78, 5) is 22.0. The summed E-state index contributed by atoms with van der Waals surface area (Å²) in [6.45, 7) is 6.04. The summed E-state index contributed by atoms with van der Waals surface area (Å²) < 4.78 is 6.93. The van der Waals surface area contributed by atoms with E-state index in [2.05, 4.69) is 20.1 Å². The Kier molecular flexibility index (Phi) is 6.03. The summed E-state index contributed by atoms with van der Waals surface area (Å²) in [7, 11) is 0. The number of carbonyl (C=O) groups is 1. The SMILES string of the molecule is CCc1nc(-c2ccc(-n3ccc(C(=O)N4CCC(N5CCCCC5)CC4)n3)cc2)no1. The lowest BCUT2D eigenvalue weighted by molar-refractivity contribution is 0.0584. The van der Waals surface area contributed by atoms with Crippen molar-refractivity contribution in [1.29, 1.82) is 0 Å². The van der Waals surface area contributed by atoms with E-state index in [1.54, 1.807) is 10.7 Å². The number of rotatable bonds is 5. The number of amides is 1. The van der Waals surface area contributed by atoms with Crippen LogP contribution in [0, 0.1) is 0 Å². The summed E-state index contributed by atoms with van der Waals surface area (Å²) in [6, 6.07) is 10.2. The monoisotopic (exact) mass is 434 g/mol. The third-order valence-electron chi connectivity index (χ3n) is 6.63. The zero-order chi connectivity index (χ0) is 21.9. The number of hydrogen-bond donors (Lipinski definition) is 0. The highest BCUT2D eigenvalue weighted by molar-refractivity contribution is 5.92. The van der Waals surface area contributed by atoms with Crippen LogP contribution in [0.4, 0.5) is 0 Å². The zero-order valence-corrected chi connectivity index (χ0v) is 18.6. The minimum atomic E-state index is 0.0244. The summed E-state index contributed by atoms with van der Waals surface area (Å²) >= 11 is 0. The fraction of sp³-hybridized carbons (Fsp3) is 0.500. The molecule has 0 aliphatic carbocycles. The summed E-state index contributed by atoms with van der Waals surface area (Å²) in [5, 5.41) is 8.56. The number of carbonyl (C=O) groups excluding carboxylic acids is 1. The summed E-state index contributed by atoms with van der Waals surface area (Å²) in [6.07, 6.45) is 8.65. The van der Waals surface area contributed by atoms with Crippen LogP contribution < -0.4 is 0 Å². The van der Waals surface area contributed by atoms with Gasteiger partial charge in [-0.3, -0.25) is 4.79 Å². The Labute approximate surface area is 188 Å². The van der Waals surface area contributed by atoms with Crippen molar-refractivity contribution >= 4 is 5.91 Å². The van der Waals surface area contributed by atoms with Crippen molar-refractivity contribution < 1.29 is 9.32 Å². The molecule has 0 saturated carbocycles. The Hall–Kier alpha value is -3.00. The third kappa shape index (κ3) is 4.32. The Balaban J connectivity index is 1.21. The van der Waals surface area contributed by atoms with Gasteiger partial charge in [-0.05, 0) is 69.1 Å². The van der Waals surface area contributed by atoms with E-state index in [0.29, 0.717) is 29.9 Å². The molecule has 2 saturated heterocycles. The second-order valence-electron chi connectivity index (χ2n) is 8.68. The first kappa shape index (κ1) is 20.9. The lowest BCUT2D eigenvalue weighted by atomic mass is 10.00. The highest BCUT2D eigenvalue weighted by Crippen LogP contribution is 2.22. The molecule has 2 aromatic heterocycles. The molecule has 8 nitrogen and oxygen atoms in total. The maximum absolute atomic E-state index is 13.0. The van der Waals surface area contributed by atoms with Crippen LogP contribution >= 0.6 is 0 Å². The van der Waals surface area contributed by atoms with E-state index in [0.717, 1.165) is 37.2 Å². The minimum absolute atomic E-state index is 0.0244. The molecule has 0 bridgehead atoms. The van der Waals surface area contributed by atoms with Crippen molar-refractivity contribution in [2.75, 3.05) is 26.2 Å². The number of benzene rings is 1. The van der Waals surface area contributed by atoms with Gasteiger partial charge in [0.1, 0.15) is 0 Å². The van der Waals surface area contributed by atoms with E-state index in [1.165, 1.54) is 32.4 Å². The van der Waals surface area contributed by atoms with Crippen molar-refractivity contribution in [3.8, 4) is 17.1 Å². The van der Waals surface area contributed by atoms with E-state index in [4.69, 9.17) is 4.52 Å². The van der Waals surface area contributed by atoms with Crippen LogP contribution in [0.25, 0.3) is 17.1 Å². The van der Waals surface area contributed by atoms with Crippen molar-refractivity contribution in [3.63, 3.8) is 0 Å². The van der Waals surface area contributed by atoms with Crippen LogP contribution in [0.3, 0.4) is 0 Å². The second-order valence-corrected chi connectivity index (χ2v) is 8.68. The first-order valence-corrected chi connectivity index (χ1v) is 11.7. The van der Waals surface area contributed by atoms with Gasteiger partial charge < -0.3 is 14.3 Å². The number of nitrogens with zero attached hydrogens (tertiary/aromatic N) is 6. The Morgan fingerprint density at radius 1 is 1.03 bits per heavy atom. The third-order valence-corrected chi connectivity index (χ3v) is 6.63. The first-order valence-electron chi connectivity index (χ1n) is 11.7. The molecule has 0 radical (unpaired) electrons. The van der Waals surface area contributed by atoms with Gasteiger partial charge in [0.25, 0.3) is 5.91 Å². The van der Waals surface area contributed by atoms with Crippen LogP contribution in [0.5, 0.6) is 0 Å². The quantitative estimate of drug-likeness (QED) is 0.611. The van der Waals surface area contributed by atoms with Gasteiger partial charge in [-0.25, -0.2) is 4.68 Å². The predicted molar refractivity (Wildman–Crippen MR) is 121 cm³/mol. The molecule has 0 spiro atoms. The van der Waals surface area contributed by atoms with Gasteiger partial charge in [-0.15, -0.1) is 0 Å². The second kappa shape index (κ2) is 9.24. The smallest absolute Gasteiger partial charge is 0.274 e. The van der Waals surface area contributed by atoms with Crippen molar-refractivity contribution in [3.05, 3.63) is 48.1 Å². The highest BCUT2D eigenvalue weighted by Gasteiger charge is 2.28. The van der Waals surface area contributed by atoms with Gasteiger partial charge in [-0.2, -0.15) is 10.1 Å². The molecule has 0 N–H and O–H groups in total. The molecule has 8 heteroatoms. The van der Waals surface area contributed by atoms with Crippen LogP contribution in [0.1, 0.15) is 55.4 Å². The molecule has 5 rings (SSSR count). The average molecular weight is 435 g/mol. The fourth-order valence-electron chi connectivity index (χ4n) is 4.74. The molecule has 1 aromatic carbocycles. The van der Waals surface area contributed by atoms with Gasteiger partial charge in [0.15, 0.2) is 5.69 Å². The zero-order valence-electron chi connectivity index (χ0n) is 18.6. The standard InChI is InChI=1S/C24H30N6O2/c1-2-22-25-23(27-32-22)18-6-8-20(9-7-18)30-17-12-21(26-30)24(31)29-15-10-19(11-16-29)28-13-4-3-5-14-28/h6-9,12,17,19H,2-5,10-11,13-16H2,1H3. The van der Waals surface area contributed by atoms with Gasteiger partial charge in [0, 0.05) is 37.3 Å². The maximum Gasteiger partial charge on any atom is 0.274 e. The van der Waals surface area contributed by atoms with Gasteiger partial charge in [0.2, 0.25) is 11.7 Å². The topological polar surface area (TPSA) is 80.3 Å². The van der Waals surface area contributed by atoms with Crippen LogP contribution in [-0.4, -0.2) is 67.8 Å². The molecule has 2 fully saturated rings. The number of aromatic nitrogens is 4. The Bertz CT molecular complexity index is 1040. The largest absolute Gasteiger partial charge is 0.339 e. The number of likely N-dealkylation sites (tertiary alicyclic amines) is 2. The van der Waals surface area contributed by atoms with Crippen LogP contribution in [0.15, 0.2) is 41.1 Å². The van der Waals surface area contributed by atoms with Gasteiger partial charge in [0.05, 0.1) is 5.69 Å². The fourth-order valence-corrected chi connectivity index (χ4v) is 4.74. The van der Waals surface area contributed by atoms with Crippen LogP contribution in [-0.2, 0) is 6.42 Å². The number of hydrogen-bond acceptors (Lipinski definition) is 6. The molecular formula is C24H30N6O2. The highest BCUT2D eigenvalue weighted by atomic mass is 16.5. The van der Waals surface area contributed by atoms with E-state index in [-0.39, 0.29) is 5.91 Å². The molecule has 0 unspecified atom stereocenters. The summed E-state index contributed by atoms with van der Waals surface area (Å²) in [5.41, 5.74) is 2.27. The molecule has 0 atom stereocenters. The lowest BCUT2D eigenvalue weighted by Crippen LogP contribution is -2.48. The molecule has 2 aliphatic heterocycles. The van der Waals surface area contributed by atoms with E-state index >= 15 is 0 Å². The van der Waals surface area contributed by atoms with E-state index in [9.17, 15) is 4.79 Å². The molecule has 1 amide bonds. The number of aryl methyl sites for hydroxylation is 1. The Morgan fingerprint density at radius 2 is 1.78 bits per heavy atom.